The third-order valence-electron chi connectivity index (χ3n) is 1.20. The zero-order chi connectivity index (χ0) is 10.4. The van der Waals surface area contributed by atoms with E-state index in [2.05, 4.69) is 14.6 Å². The van der Waals surface area contributed by atoms with E-state index in [9.17, 15) is 4.79 Å². The smallest absolute Gasteiger partial charge is 0.450 e. The van der Waals surface area contributed by atoms with Crippen molar-refractivity contribution in [1.82, 2.24) is 5.16 Å². The van der Waals surface area contributed by atoms with E-state index in [1.807, 2.05) is 0 Å². The Bertz CT molecular complexity index is 296. The fourth-order valence-electron chi connectivity index (χ4n) is 0.682. The minimum Gasteiger partial charge on any atom is -0.450 e. The molecule has 0 amide bonds. The first kappa shape index (κ1) is 10.3. The van der Waals surface area contributed by atoms with Crippen LogP contribution in [0.2, 0.25) is 0 Å². The summed E-state index contributed by atoms with van der Waals surface area (Å²) in [6, 6.07) is 1.42. The van der Waals surface area contributed by atoms with Gasteiger partial charge in [0.05, 0.1) is 0 Å². The van der Waals surface area contributed by atoms with E-state index in [4.69, 9.17) is 14.4 Å². The highest BCUT2D eigenvalue weighted by Crippen LogP contribution is 2.11. The summed E-state index contributed by atoms with van der Waals surface area (Å²) in [6.07, 6.45) is -1.37. The number of ether oxygens (including phenoxy) is 3. The molecular weight excluding hydrogens is 194 g/mol. The Kier molecular flexibility index (Phi) is 3.74. The number of rotatable bonds is 5. The lowest BCUT2D eigenvalue weighted by Crippen LogP contribution is -1.99. The first-order chi connectivity index (χ1) is 6.72. The molecule has 0 aliphatic heterocycles. The minimum absolute atomic E-state index is 0.0474. The summed E-state index contributed by atoms with van der Waals surface area (Å²) in [5.74, 6) is 0.481. The van der Waals surface area contributed by atoms with Crippen LogP contribution in [0.1, 0.15) is 5.76 Å². The summed E-state index contributed by atoms with van der Waals surface area (Å²) in [5.41, 5.74) is 0. The van der Waals surface area contributed by atoms with Crippen molar-refractivity contribution in [2.45, 2.75) is 6.61 Å². The van der Waals surface area contributed by atoms with Gasteiger partial charge >= 0.3 is 6.16 Å². The van der Waals surface area contributed by atoms with Crippen molar-refractivity contribution in [2.24, 2.45) is 0 Å². The summed E-state index contributed by atoms with van der Waals surface area (Å²) in [7, 11) is 1.47. The molecule has 1 aromatic rings. The van der Waals surface area contributed by atoms with Gasteiger partial charge in [0.1, 0.15) is 0 Å². The highest BCUT2D eigenvalue weighted by molar-refractivity contribution is 5.56. The fourth-order valence-corrected chi connectivity index (χ4v) is 0.682. The topological polar surface area (TPSA) is 91.0 Å². The number of hydrogen-bond donors (Lipinski definition) is 1. The molecule has 0 bridgehead atoms. The van der Waals surface area contributed by atoms with Crippen LogP contribution in [0.4, 0.5) is 4.79 Å². The average molecular weight is 203 g/mol. The number of hydrogen-bond acceptors (Lipinski definition) is 6. The van der Waals surface area contributed by atoms with Gasteiger partial charge in [-0.05, 0) is 5.16 Å². The summed E-state index contributed by atoms with van der Waals surface area (Å²) in [6.45, 7) is -0.148. The number of carboxylic acid groups (broad SMARTS) is 1. The maximum atomic E-state index is 10.0. The van der Waals surface area contributed by atoms with Crippen molar-refractivity contribution in [3.8, 4) is 5.88 Å². The van der Waals surface area contributed by atoms with Gasteiger partial charge in [-0.15, -0.1) is 0 Å². The standard InChI is InChI=1S/C7H9NO6/c1-11-4-13-6-2-5(14-8-6)3-12-7(9)10/h2H,3-4H2,1H3,(H,9,10). The first-order valence-electron chi connectivity index (χ1n) is 3.65. The molecule has 0 aromatic carbocycles. The van der Waals surface area contributed by atoms with Crippen LogP contribution in [0.25, 0.3) is 0 Å². The van der Waals surface area contributed by atoms with Crippen molar-refractivity contribution in [1.29, 1.82) is 0 Å². The van der Waals surface area contributed by atoms with Crippen molar-refractivity contribution >= 4 is 6.16 Å². The largest absolute Gasteiger partial charge is 0.506 e. The maximum Gasteiger partial charge on any atom is 0.506 e. The first-order valence-corrected chi connectivity index (χ1v) is 3.65. The predicted octanol–water partition coefficient (Wildman–Crippen LogP) is 0.852. The van der Waals surface area contributed by atoms with Crippen LogP contribution in [0.3, 0.4) is 0 Å². The zero-order valence-corrected chi connectivity index (χ0v) is 7.43. The van der Waals surface area contributed by atoms with E-state index in [1.165, 1.54) is 13.2 Å². The molecule has 1 rings (SSSR count). The lowest BCUT2D eigenvalue weighted by molar-refractivity contribution is 0.0451. The predicted molar refractivity (Wildman–Crippen MR) is 41.8 cm³/mol. The van der Waals surface area contributed by atoms with Crippen LogP contribution in [0, 0.1) is 0 Å². The molecule has 0 aliphatic carbocycles. The Morgan fingerprint density at radius 2 is 2.50 bits per heavy atom. The van der Waals surface area contributed by atoms with E-state index < -0.39 is 6.16 Å². The van der Waals surface area contributed by atoms with Crippen LogP contribution in [-0.4, -0.2) is 30.3 Å². The average Bonchev–Trinajstić information content (AvgIpc) is 2.59. The number of methoxy groups -OCH3 is 1. The molecule has 0 fully saturated rings. The zero-order valence-electron chi connectivity index (χ0n) is 7.43. The van der Waals surface area contributed by atoms with E-state index in [-0.39, 0.29) is 25.0 Å². The molecule has 1 N–H and O–H groups in total. The summed E-state index contributed by atoms with van der Waals surface area (Å²) >= 11 is 0. The van der Waals surface area contributed by atoms with Gasteiger partial charge in [-0.2, -0.15) is 0 Å². The highest BCUT2D eigenvalue weighted by atomic mass is 16.7. The number of aromatic nitrogens is 1. The minimum atomic E-state index is -1.37. The van der Waals surface area contributed by atoms with Crippen molar-refractivity contribution in [3.63, 3.8) is 0 Å². The molecule has 0 aliphatic rings. The normalized spacial score (nSPS) is 9.79. The van der Waals surface area contributed by atoms with Crippen LogP contribution in [-0.2, 0) is 16.1 Å². The van der Waals surface area contributed by atoms with Crippen molar-refractivity contribution < 1.29 is 28.6 Å². The molecule has 1 aromatic heterocycles. The fraction of sp³-hybridized carbons (Fsp3) is 0.429. The second-order valence-electron chi connectivity index (χ2n) is 2.24. The quantitative estimate of drug-likeness (QED) is 0.560. The molecule has 0 saturated heterocycles. The summed E-state index contributed by atoms with van der Waals surface area (Å²) < 4.78 is 18.5. The van der Waals surface area contributed by atoms with Crippen molar-refractivity contribution in [2.75, 3.05) is 13.9 Å². The van der Waals surface area contributed by atoms with Gasteiger partial charge in [0.15, 0.2) is 19.2 Å². The van der Waals surface area contributed by atoms with Crippen LogP contribution < -0.4 is 4.74 Å². The van der Waals surface area contributed by atoms with E-state index >= 15 is 0 Å². The molecule has 78 valence electrons. The van der Waals surface area contributed by atoms with Crippen LogP contribution in [0.15, 0.2) is 10.6 Å². The summed E-state index contributed by atoms with van der Waals surface area (Å²) in [5, 5.41) is 11.7. The van der Waals surface area contributed by atoms with E-state index in [1.54, 1.807) is 0 Å². The Balaban J connectivity index is 2.38. The lowest BCUT2D eigenvalue weighted by atomic mass is 10.5. The highest BCUT2D eigenvalue weighted by Gasteiger charge is 2.06. The molecule has 0 radical (unpaired) electrons. The van der Waals surface area contributed by atoms with Gasteiger partial charge in [-0.3, -0.25) is 0 Å². The molecule has 0 unspecified atom stereocenters. The molecule has 14 heavy (non-hydrogen) atoms. The summed E-state index contributed by atoms with van der Waals surface area (Å²) in [4.78, 5) is 10.0. The maximum absolute atomic E-state index is 10.0. The van der Waals surface area contributed by atoms with Crippen LogP contribution in [0.5, 0.6) is 5.88 Å². The van der Waals surface area contributed by atoms with Gasteiger partial charge in [-0.25, -0.2) is 4.79 Å². The van der Waals surface area contributed by atoms with E-state index in [0.717, 1.165) is 0 Å². The molecule has 0 atom stereocenters. The van der Waals surface area contributed by atoms with Gasteiger partial charge in [-0.1, -0.05) is 0 Å². The third-order valence-corrected chi connectivity index (χ3v) is 1.20. The van der Waals surface area contributed by atoms with Gasteiger partial charge in [0.2, 0.25) is 0 Å². The SMILES string of the molecule is COCOc1cc(COC(=O)O)on1. The Hall–Kier alpha value is -1.76. The molecule has 0 saturated carbocycles. The Labute approximate surface area is 79.2 Å². The number of carbonyl (C=O) groups is 1. The van der Waals surface area contributed by atoms with Gasteiger partial charge in [0.25, 0.3) is 5.88 Å². The van der Waals surface area contributed by atoms with Gasteiger partial charge < -0.3 is 23.8 Å². The second kappa shape index (κ2) is 5.07. The van der Waals surface area contributed by atoms with E-state index in [0.29, 0.717) is 0 Å². The van der Waals surface area contributed by atoms with Crippen LogP contribution >= 0.6 is 0 Å². The monoisotopic (exact) mass is 203 g/mol. The van der Waals surface area contributed by atoms with Gasteiger partial charge in [0, 0.05) is 13.2 Å². The molecule has 7 heteroatoms. The Morgan fingerprint density at radius 3 is 3.14 bits per heavy atom. The van der Waals surface area contributed by atoms with Crippen molar-refractivity contribution in [3.05, 3.63) is 11.8 Å². The molecule has 1 heterocycles. The molecule has 7 nitrogen and oxygen atoms in total. The lowest BCUT2D eigenvalue weighted by Gasteiger charge is -1.96. The number of nitrogens with zero attached hydrogens (tertiary/aromatic N) is 1. The molecular formula is C7H9NO6. The molecule has 0 spiro atoms. The second-order valence-corrected chi connectivity index (χ2v) is 2.24. The third kappa shape index (κ3) is 3.31. The Morgan fingerprint density at radius 1 is 1.71 bits per heavy atom.